The van der Waals surface area contributed by atoms with Gasteiger partial charge >= 0.3 is 0 Å². The van der Waals surface area contributed by atoms with Gasteiger partial charge in [0.1, 0.15) is 5.75 Å². The van der Waals surface area contributed by atoms with E-state index in [1.807, 2.05) is 56.3 Å². The van der Waals surface area contributed by atoms with E-state index < -0.39 is 0 Å². The van der Waals surface area contributed by atoms with E-state index >= 15 is 0 Å². The first-order chi connectivity index (χ1) is 9.78. The molecule has 0 unspecified atom stereocenters. The molecule has 3 heteroatoms. The van der Waals surface area contributed by atoms with Crippen molar-refractivity contribution >= 4 is 0 Å². The van der Waals surface area contributed by atoms with Crippen LogP contribution in [0.25, 0.3) is 11.1 Å². The molecule has 0 aliphatic heterocycles. The highest BCUT2D eigenvalue weighted by atomic mass is 16.5. The fraction of sp³-hybridized carbons (Fsp3) is 0.294. The summed E-state index contributed by atoms with van der Waals surface area (Å²) in [6.45, 7) is 4.00. The normalized spacial score (nSPS) is 9.25. The number of ether oxygens (including phenoxy) is 3. The second kappa shape index (κ2) is 8.10. The Kier molecular flexibility index (Phi) is 6.44. The second-order valence-corrected chi connectivity index (χ2v) is 3.80. The predicted molar refractivity (Wildman–Crippen MR) is 82.9 cm³/mol. The van der Waals surface area contributed by atoms with E-state index in [-0.39, 0.29) is 0 Å². The van der Waals surface area contributed by atoms with Gasteiger partial charge in [-0.15, -0.1) is 0 Å². The topological polar surface area (TPSA) is 27.7 Å². The summed E-state index contributed by atoms with van der Waals surface area (Å²) in [5.74, 6) is 2.31. The summed E-state index contributed by atoms with van der Waals surface area (Å²) in [6.07, 6.45) is 0. The molecule has 0 heterocycles. The van der Waals surface area contributed by atoms with Crippen molar-refractivity contribution in [3.8, 4) is 28.4 Å². The quantitative estimate of drug-likeness (QED) is 0.826. The molecule has 0 aliphatic carbocycles. The van der Waals surface area contributed by atoms with Crippen molar-refractivity contribution in [1.82, 2.24) is 0 Å². The number of hydrogen-bond donors (Lipinski definition) is 0. The highest BCUT2D eigenvalue weighted by Gasteiger charge is 2.06. The average molecular weight is 274 g/mol. The van der Waals surface area contributed by atoms with Crippen LogP contribution in [0.5, 0.6) is 17.2 Å². The summed E-state index contributed by atoms with van der Waals surface area (Å²) >= 11 is 0. The van der Waals surface area contributed by atoms with Gasteiger partial charge < -0.3 is 14.2 Å². The van der Waals surface area contributed by atoms with Gasteiger partial charge in [0.15, 0.2) is 11.5 Å². The van der Waals surface area contributed by atoms with Crippen molar-refractivity contribution in [3.05, 3.63) is 42.5 Å². The van der Waals surface area contributed by atoms with Crippen LogP contribution in [-0.2, 0) is 0 Å². The van der Waals surface area contributed by atoms with Crippen molar-refractivity contribution in [3.63, 3.8) is 0 Å². The van der Waals surface area contributed by atoms with Gasteiger partial charge in [-0.25, -0.2) is 0 Å². The van der Waals surface area contributed by atoms with E-state index in [2.05, 4.69) is 0 Å². The Morgan fingerprint density at radius 1 is 0.600 bits per heavy atom. The number of benzene rings is 2. The number of methoxy groups -OCH3 is 3. The minimum absolute atomic E-state index is 0.728. The fourth-order valence-electron chi connectivity index (χ4n) is 1.80. The van der Waals surface area contributed by atoms with E-state index in [0.29, 0.717) is 0 Å². The van der Waals surface area contributed by atoms with Crippen molar-refractivity contribution < 1.29 is 14.2 Å². The fourth-order valence-corrected chi connectivity index (χ4v) is 1.80. The highest BCUT2D eigenvalue weighted by Crippen LogP contribution is 2.32. The Morgan fingerprint density at radius 3 is 1.65 bits per heavy atom. The highest BCUT2D eigenvalue weighted by molar-refractivity contribution is 5.67. The molecule has 0 aliphatic rings. The first kappa shape index (κ1) is 15.9. The van der Waals surface area contributed by atoms with Crippen LogP contribution < -0.4 is 14.2 Å². The molecule has 0 saturated carbocycles. The maximum absolute atomic E-state index is 5.29. The van der Waals surface area contributed by atoms with Gasteiger partial charge in [-0.05, 0) is 35.4 Å². The molecule has 0 amide bonds. The Balaban J connectivity index is 0.000000956. The van der Waals surface area contributed by atoms with Gasteiger partial charge in [0, 0.05) is 0 Å². The maximum Gasteiger partial charge on any atom is 0.161 e. The zero-order valence-electron chi connectivity index (χ0n) is 12.8. The monoisotopic (exact) mass is 274 g/mol. The van der Waals surface area contributed by atoms with Gasteiger partial charge in [-0.2, -0.15) is 0 Å². The molecule has 0 spiro atoms. The summed E-state index contributed by atoms with van der Waals surface area (Å²) in [6, 6.07) is 13.8. The van der Waals surface area contributed by atoms with E-state index in [1.54, 1.807) is 21.3 Å². The molecule has 0 radical (unpaired) electrons. The average Bonchev–Trinajstić information content (AvgIpc) is 2.56. The molecule has 0 bridgehead atoms. The van der Waals surface area contributed by atoms with Crippen LogP contribution in [0.3, 0.4) is 0 Å². The third-order valence-electron chi connectivity index (χ3n) is 2.81. The minimum atomic E-state index is 0.728. The smallest absolute Gasteiger partial charge is 0.161 e. The molecule has 20 heavy (non-hydrogen) atoms. The lowest BCUT2D eigenvalue weighted by Crippen LogP contribution is -1.90. The SMILES string of the molecule is CC.COc1ccc(-c2ccc(OC)c(OC)c2)cc1. The van der Waals surface area contributed by atoms with Crippen LogP contribution in [0.4, 0.5) is 0 Å². The molecule has 2 aromatic carbocycles. The Morgan fingerprint density at radius 2 is 1.15 bits per heavy atom. The van der Waals surface area contributed by atoms with E-state index in [9.17, 15) is 0 Å². The zero-order chi connectivity index (χ0) is 15.0. The summed E-state index contributed by atoms with van der Waals surface area (Å²) < 4.78 is 15.7. The van der Waals surface area contributed by atoms with Crippen LogP contribution in [-0.4, -0.2) is 21.3 Å². The van der Waals surface area contributed by atoms with Crippen molar-refractivity contribution in [2.24, 2.45) is 0 Å². The second-order valence-electron chi connectivity index (χ2n) is 3.80. The van der Waals surface area contributed by atoms with Gasteiger partial charge in [0.25, 0.3) is 0 Å². The standard InChI is InChI=1S/C15H16O3.C2H6/c1-16-13-7-4-11(5-8-13)12-6-9-14(17-2)15(10-12)18-3;1-2/h4-10H,1-3H3;1-2H3. The molecule has 0 saturated heterocycles. The first-order valence-electron chi connectivity index (χ1n) is 6.65. The number of hydrogen-bond acceptors (Lipinski definition) is 3. The van der Waals surface area contributed by atoms with E-state index in [1.165, 1.54) is 0 Å². The van der Waals surface area contributed by atoms with Crippen molar-refractivity contribution in [2.75, 3.05) is 21.3 Å². The van der Waals surface area contributed by atoms with Crippen LogP contribution in [0, 0.1) is 0 Å². The molecule has 108 valence electrons. The predicted octanol–water partition coefficient (Wildman–Crippen LogP) is 4.41. The van der Waals surface area contributed by atoms with Crippen LogP contribution in [0.15, 0.2) is 42.5 Å². The molecule has 2 aromatic rings. The number of rotatable bonds is 4. The molecular weight excluding hydrogens is 252 g/mol. The Hall–Kier alpha value is -2.16. The summed E-state index contributed by atoms with van der Waals surface area (Å²) in [4.78, 5) is 0. The van der Waals surface area contributed by atoms with Crippen LogP contribution in [0.2, 0.25) is 0 Å². The molecule has 3 nitrogen and oxygen atoms in total. The molecule has 0 aromatic heterocycles. The van der Waals surface area contributed by atoms with E-state index in [0.717, 1.165) is 28.4 Å². The molecule has 0 fully saturated rings. The molecule has 2 rings (SSSR count). The van der Waals surface area contributed by atoms with Crippen molar-refractivity contribution in [2.45, 2.75) is 13.8 Å². The van der Waals surface area contributed by atoms with E-state index in [4.69, 9.17) is 14.2 Å². The van der Waals surface area contributed by atoms with Crippen molar-refractivity contribution in [1.29, 1.82) is 0 Å². The minimum Gasteiger partial charge on any atom is -0.497 e. The molecular formula is C17H22O3. The Labute approximate surface area is 121 Å². The lowest BCUT2D eigenvalue weighted by atomic mass is 10.1. The zero-order valence-corrected chi connectivity index (χ0v) is 12.8. The van der Waals surface area contributed by atoms with Gasteiger partial charge in [0.05, 0.1) is 21.3 Å². The third kappa shape index (κ3) is 3.67. The van der Waals surface area contributed by atoms with Gasteiger partial charge in [-0.1, -0.05) is 32.0 Å². The van der Waals surface area contributed by atoms with Gasteiger partial charge in [0.2, 0.25) is 0 Å². The lowest BCUT2D eigenvalue weighted by molar-refractivity contribution is 0.355. The lowest BCUT2D eigenvalue weighted by Gasteiger charge is -2.10. The Bertz CT molecular complexity index is 518. The van der Waals surface area contributed by atoms with Crippen LogP contribution in [0.1, 0.15) is 13.8 Å². The maximum atomic E-state index is 5.29. The van der Waals surface area contributed by atoms with Gasteiger partial charge in [-0.3, -0.25) is 0 Å². The molecule has 0 N–H and O–H groups in total. The van der Waals surface area contributed by atoms with Crippen LogP contribution >= 0.6 is 0 Å². The summed E-state index contributed by atoms with van der Waals surface area (Å²) in [5, 5.41) is 0. The summed E-state index contributed by atoms with van der Waals surface area (Å²) in [5.41, 5.74) is 2.19. The summed E-state index contributed by atoms with van der Waals surface area (Å²) in [7, 11) is 4.92. The largest absolute Gasteiger partial charge is 0.497 e. The first-order valence-corrected chi connectivity index (χ1v) is 6.65. The third-order valence-corrected chi connectivity index (χ3v) is 2.81. The molecule has 0 atom stereocenters.